The van der Waals surface area contributed by atoms with Crippen molar-refractivity contribution in [1.82, 2.24) is 15.2 Å². The minimum Gasteiger partial charge on any atom is -0.356 e. The van der Waals surface area contributed by atoms with E-state index in [1.165, 1.54) is 12.8 Å². The molecule has 0 aliphatic carbocycles. The van der Waals surface area contributed by atoms with Crippen molar-refractivity contribution in [3.8, 4) is 0 Å². The molecule has 1 unspecified atom stereocenters. The largest absolute Gasteiger partial charge is 0.356 e. The van der Waals surface area contributed by atoms with E-state index in [4.69, 9.17) is 0 Å². The van der Waals surface area contributed by atoms with E-state index in [1.807, 2.05) is 30.3 Å². The Labute approximate surface area is 161 Å². The molecule has 3 rings (SSSR count). The zero-order chi connectivity index (χ0) is 19.1. The zero-order valence-electron chi connectivity index (χ0n) is 16.1. The van der Waals surface area contributed by atoms with Gasteiger partial charge in [0.15, 0.2) is 0 Å². The second-order valence-electron chi connectivity index (χ2n) is 7.32. The van der Waals surface area contributed by atoms with Crippen LogP contribution in [0.15, 0.2) is 36.5 Å². The topological polar surface area (TPSA) is 62.3 Å². The van der Waals surface area contributed by atoms with Gasteiger partial charge in [-0.2, -0.15) is 0 Å². The van der Waals surface area contributed by atoms with Crippen molar-refractivity contribution in [2.24, 2.45) is 5.92 Å². The van der Waals surface area contributed by atoms with Gasteiger partial charge in [-0.1, -0.05) is 50.5 Å². The molecule has 1 aliphatic rings. The summed E-state index contributed by atoms with van der Waals surface area (Å²) in [5.41, 5.74) is 0.480. The predicted octanol–water partition coefficient (Wildman–Crippen LogP) is 3.78. The van der Waals surface area contributed by atoms with Gasteiger partial charge in [-0.3, -0.25) is 14.6 Å². The Morgan fingerprint density at radius 1 is 1.19 bits per heavy atom. The number of likely N-dealkylation sites (tertiary alicyclic amines) is 1. The van der Waals surface area contributed by atoms with Gasteiger partial charge < -0.3 is 10.2 Å². The molecule has 1 saturated heterocycles. The summed E-state index contributed by atoms with van der Waals surface area (Å²) in [4.78, 5) is 31.7. The van der Waals surface area contributed by atoms with Crippen molar-refractivity contribution in [1.29, 1.82) is 0 Å². The van der Waals surface area contributed by atoms with Crippen molar-refractivity contribution in [2.75, 3.05) is 19.6 Å². The van der Waals surface area contributed by atoms with Gasteiger partial charge in [0.05, 0.1) is 5.92 Å². The van der Waals surface area contributed by atoms with Gasteiger partial charge in [0.2, 0.25) is 5.91 Å². The smallest absolute Gasteiger partial charge is 0.273 e. The summed E-state index contributed by atoms with van der Waals surface area (Å²) in [6, 6.07) is 9.71. The Hall–Kier alpha value is -2.43. The molecule has 1 aromatic carbocycles. The van der Waals surface area contributed by atoms with Crippen LogP contribution in [0.2, 0.25) is 0 Å². The second kappa shape index (κ2) is 9.49. The van der Waals surface area contributed by atoms with Gasteiger partial charge in [-0.05, 0) is 30.7 Å². The maximum absolute atomic E-state index is 13.0. The number of pyridine rings is 1. The lowest BCUT2D eigenvalue weighted by Crippen LogP contribution is -2.45. The lowest BCUT2D eigenvalue weighted by atomic mass is 9.96. The number of piperidine rings is 1. The van der Waals surface area contributed by atoms with Crippen LogP contribution < -0.4 is 5.32 Å². The fourth-order valence-corrected chi connectivity index (χ4v) is 3.72. The number of hydrogen-bond donors (Lipinski definition) is 1. The third-order valence-corrected chi connectivity index (χ3v) is 5.29. The Kier molecular flexibility index (Phi) is 6.80. The quantitative estimate of drug-likeness (QED) is 0.758. The first-order valence-electron chi connectivity index (χ1n) is 10.1. The number of carbonyl (C=O) groups is 2. The first-order chi connectivity index (χ1) is 13.2. The Morgan fingerprint density at radius 3 is 2.89 bits per heavy atom. The van der Waals surface area contributed by atoms with E-state index >= 15 is 0 Å². The maximum Gasteiger partial charge on any atom is 0.273 e. The minimum atomic E-state index is -0.121. The van der Waals surface area contributed by atoms with E-state index in [-0.39, 0.29) is 17.7 Å². The van der Waals surface area contributed by atoms with Crippen LogP contribution in [0.4, 0.5) is 0 Å². The van der Waals surface area contributed by atoms with Crippen molar-refractivity contribution in [3.63, 3.8) is 0 Å². The molecule has 2 heterocycles. The molecular formula is C22H29N3O2. The normalized spacial score (nSPS) is 17.1. The van der Waals surface area contributed by atoms with Crippen LogP contribution in [-0.2, 0) is 4.79 Å². The average Bonchev–Trinajstić information content (AvgIpc) is 2.72. The van der Waals surface area contributed by atoms with E-state index in [9.17, 15) is 9.59 Å². The Morgan fingerprint density at radius 2 is 2.04 bits per heavy atom. The molecule has 1 atom stereocenters. The van der Waals surface area contributed by atoms with E-state index in [0.717, 1.165) is 43.0 Å². The fourth-order valence-electron chi connectivity index (χ4n) is 3.72. The van der Waals surface area contributed by atoms with Crippen LogP contribution in [0, 0.1) is 5.92 Å². The van der Waals surface area contributed by atoms with Crippen LogP contribution in [0.5, 0.6) is 0 Å². The molecule has 0 bridgehead atoms. The second-order valence-corrected chi connectivity index (χ2v) is 7.32. The third-order valence-electron chi connectivity index (χ3n) is 5.29. The third kappa shape index (κ3) is 4.85. The summed E-state index contributed by atoms with van der Waals surface area (Å²) in [5.74, 6) is -0.119. The number of aromatic nitrogens is 1. The van der Waals surface area contributed by atoms with Crippen molar-refractivity contribution >= 4 is 22.6 Å². The summed E-state index contributed by atoms with van der Waals surface area (Å²) < 4.78 is 0. The highest BCUT2D eigenvalue weighted by atomic mass is 16.2. The molecule has 27 heavy (non-hydrogen) atoms. The number of amides is 2. The van der Waals surface area contributed by atoms with Crippen LogP contribution in [-0.4, -0.2) is 41.3 Å². The molecule has 1 fully saturated rings. The number of fused-ring (bicyclic) bond motifs is 1. The van der Waals surface area contributed by atoms with Gasteiger partial charge >= 0.3 is 0 Å². The molecule has 1 aromatic heterocycles. The zero-order valence-corrected chi connectivity index (χ0v) is 16.1. The van der Waals surface area contributed by atoms with Gasteiger partial charge in [0.1, 0.15) is 5.69 Å². The van der Waals surface area contributed by atoms with Gasteiger partial charge in [0.25, 0.3) is 5.91 Å². The number of nitrogens with zero attached hydrogens (tertiary/aromatic N) is 2. The average molecular weight is 367 g/mol. The van der Waals surface area contributed by atoms with E-state index in [0.29, 0.717) is 18.8 Å². The summed E-state index contributed by atoms with van der Waals surface area (Å²) >= 11 is 0. The number of benzene rings is 1. The lowest BCUT2D eigenvalue weighted by molar-refractivity contribution is -0.126. The van der Waals surface area contributed by atoms with Crippen LogP contribution in [0.1, 0.15) is 55.9 Å². The molecule has 1 N–H and O–H groups in total. The lowest BCUT2D eigenvalue weighted by Gasteiger charge is -2.32. The molecule has 0 radical (unpaired) electrons. The maximum atomic E-state index is 13.0. The number of carbonyl (C=O) groups excluding carboxylic acids is 2. The van der Waals surface area contributed by atoms with Crippen molar-refractivity contribution < 1.29 is 9.59 Å². The van der Waals surface area contributed by atoms with Gasteiger partial charge in [0, 0.05) is 31.2 Å². The molecule has 144 valence electrons. The van der Waals surface area contributed by atoms with E-state index in [2.05, 4.69) is 17.2 Å². The summed E-state index contributed by atoms with van der Waals surface area (Å²) in [5, 5.41) is 4.92. The predicted molar refractivity (Wildman–Crippen MR) is 108 cm³/mol. The minimum absolute atomic E-state index is 0.0766. The highest BCUT2D eigenvalue weighted by molar-refractivity contribution is 6.05. The molecular weight excluding hydrogens is 338 g/mol. The van der Waals surface area contributed by atoms with E-state index < -0.39 is 0 Å². The fraction of sp³-hybridized carbons (Fsp3) is 0.500. The van der Waals surface area contributed by atoms with Crippen LogP contribution in [0.3, 0.4) is 0 Å². The molecule has 5 nitrogen and oxygen atoms in total. The SMILES string of the molecule is CCCCCCNC(=O)C1CCCN(C(=O)c2nccc3ccccc23)C1. The first-order valence-corrected chi connectivity index (χ1v) is 10.1. The summed E-state index contributed by atoms with van der Waals surface area (Å²) in [7, 11) is 0. The Balaban J connectivity index is 1.62. The summed E-state index contributed by atoms with van der Waals surface area (Å²) in [6.45, 7) is 4.07. The number of unbranched alkanes of at least 4 members (excludes halogenated alkanes) is 3. The molecule has 1 aliphatic heterocycles. The Bertz CT molecular complexity index is 785. The van der Waals surface area contributed by atoms with Gasteiger partial charge in [-0.15, -0.1) is 0 Å². The highest BCUT2D eigenvalue weighted by Gasteiger charge is 2.29. The monoisotopic (exact) mass is 367 g/mol. The molecule has 5 heteroatoms. The van der Waals surface area contributed by atoms with Crippen molar-refractivity contribution in [3.05, 3.63) is 42.2 Å². The standard InChI is InChI=1S/C22H29N3O2/c1-2-3-4-7-13-24-21(26)18-10-8-15-25(16-18)22(27)20-19-11-6-5-9-17(19)12-14-23-20/h5-6,9,11-12,14,18H,2-4,7-8,10,13,15-16H2,1H3,(H,24,26). The number of nitrogens with one attached hydrogen (secondary N) is 1. The van der Waals surface area contributed by atoms with Crippen LogP contribution in [0.25, 0.3) is 10.8 Å². The van der Waals surface area contributed by atoms with E-state index in [1.54, 1.807) is 11.1 Å². The number of rotatable bonds is 7. The van der Waals surface area contributed by atoms with Crippen molar-refractivity contribution in [2.45, 2.75) is 45.4 Å². The highest BCUT2D eigenvalue weighted by Crippen LogP contribution is 2.22. The number of hydrogen-bond acceptors (Lipinski definition) is 3. The first kappa shape index (κ1) is 19.3. The molecule has 2 amide bonds. The van der Waals surface area contributed by atoms with Crippen LogP contribution >= 0.6 is 0 Å². The summed E-state index contributed by atoms with van der Waals surface area (Å²) in [6.07, 6.45) is 7.95. The molecule has 0 spiro atoms. The van der Waals surface area contributed by atoms with Gasteiger partial charge in [-0.25, -0.2) is 0 Å². The molecule has 2 aromatic rings. The molecule has 0 saturated carbocycles.